The Hall–Kier alpha value is -1.26. The Morgan fingerprint density at radius 2 is 2.00 bits per heavy atom. The average molecular weight is 267 g/mol. The van der Waals surface area contributed by atoms with Crippen LogP contribution in [0.15, 0.2) is 18.2 Å². The third kappa shape index (κ3) is 5.09. The topological polar surface area (TPSA) is 41.9 Å². The minimum absolute atomic E-state index is 0.233. The van der Waals surface area contributed by atoms with E-state index in [0.717, 1.165) is 18.7 Å². The van der Waals surface area contributed by atoms with Gasteiger partial charge in [-0.05, 0) is 12.0 Å². The highest BCUT2D eigenvalue weighted by Crippen LogP contribution is 2.30. The van der Waals surface area contributed by atoms with Gasteiger partial charge in [0.15, 0.2) is 11.5 Å². The molecule has 0 radical (unpaired) electrons. The third-order valence-corrected chi connectivity index (χ3v) is 2.93. The zero-order valence-electron chi connectivity index (χ0n) is 12.3. The Labute approximate surface area is 115 Å². The Morgan fingerprint density at radius 1 is 1.26 bits per heavy atom. The largest absolute Gasteiger partial charge is 0.504 e. The van der Waals surface area contributed by atoms with Crippen molar-refractivity contribution in [3.63, 3.8) is 0 Å². The summed E-state index contributed by atoms with van der Waals surface area (Å²) in [4.78, 5) is 2.28. The second-order valence-electron chi connectivity index (χ2n) is 5.09. The van der Waals surface area contributed by atoms with Gasteiger partial charge in [-0.15, -0.1) is 0 Å². The van der Waals surface area contributed by atoms with Crippen molar-refractivity contribution in [1.82, 2.24) is 4.90 Å². The summed E-state index contributed by atoms with van der Waals surface area (Å²) in [6.45, 7) is 7.59. The van der Waals surface area contributed by atoms with Crippen molar-refractivity contribution < 1.29 is 14.6 Å². The standard InChI is InChI=1S/C15H25NO3/c1-12(2)10-16(8-9-18-3)11-13-6-5-7-14(19-4)15(13)17/h5-7,12,17H,8-11H2,1-4H3. The van der Waals surface area contributed by atoms with Crippen LogP contribution in [0.2, 0.25) is 0 Å². The lowest BCUT2D eigenvalue weighted by atomic mass is 10.1. The fourth-order valence-electron chi connectivity index (χ4n) is 2.07. The number of phenolic OH excluding ortho intramolecular Hbond substituents is 1. The van der Waals surface area contributed by atoms with E-state index < -0.39 is 0 Å². The minimum Gasteiger partial charge on any atom is -0.504 e. The fourth-order valence-corrected chi connectivity index (χ4v) is 2.07. The molecule has 0 aliphatic carbocycles. The van der Waals surface area contributed by atoms with Gasteiger partial charge in [-0.3, -0.25) is 4.90 Å². The van der Waals surface area contributed by atoms with E-state index in [0.29, 0.717) is 24.8 Å². The maximum absolute atomic E-state index is 10.1. The fraction of sp³-hybridized carbons (Fsp3) is 0.600. The SMILES string of the molecule is COCCN(Cc1cccc(OC)c1O)CC(C)C. The predicted molar refractivity (Wildman–Crippen MR) is 76.6 cm³/mol. The van der Waals surface area contributed by atoms with E-state index in [9.17, 15) is 5.11 Å². The molecule has 19 heavy (non-hydrogen) atoms. The molecule has 0 amide bonds. The van der Waals surface area contributed by atoms with Crippen molar-refractivity contribution in [2.45, 2.75) is 20.4 Å². The molecule has 0 saturated heterocycles. The molecular formula is C15H25NO3. The van der Waals surface area contributed by atoms with Crippen molar-refractivity contribution in [1.29, 1.82) is 0 Å². The number of nitrogens with zero attached hydrogens (tertiary/aromatic N) is 1. The van der Waals surface area contributed by atoms with Gasteiger partial charge in [-0.2, -0.15) is 0 Å². The molecule has 1 aromatic carbocycles. The highest BCUT2D eigenvalue weighted by Gasteiger charge is 2.13. The maximum atomic E-state index is 10.1. The number of ether oxygens (including phenoxy) is 2. The summed E-state index contributed by atoms with van der Waals surface area (Å²) in [7, 11) is 3.27. The van der Waals surface area contributed by atoms with Crippen LogP contribution in [0.5, 0.6) is 11.5 Å². The Bertz CT molecular complexity index is 380. The first-order chi connectivity index (χ1) is 9.08. The van der Waals surface area contributed by atoms with E-state index in [-0.39, 0.29) is 5.75 Å². The molecule has 0 atom stereocenters. The number of phenols is 1. The molecule has 0 spiro atoms. The molecular weight excluding hydrogens is 242 g/mol. The first kappa shape index (κ1) is 15.8. The number of aromatic hydroxyl groups is 1. The summed E-state index contributed by atoms with van der Waals surface area (Å²) >= 11 is 0. The number of hydrogen-bond acceptors (Lipinski definition) is 4. The summed E-state index contributed by atoms with van der Waals surface area (Å²) in [5.74, 6) is 1.33. The first-order valence-corrected chi connectivity index (χ1v) is 6.64. The minimum atomic E-state index is 0.233. The summed E-state index contributed by atoms with van der Waals surface area (Å²) in [6.07, 6.45) is 0. The Balaban J connectivity index is 2.77. The van der Waals surface area contributed by atoms with E-state index in [4.69, 9.17) is 9.47 Å². The van der Waals surface area contributed by atoms with E-state index in [2.05, 4.69) is 18.7 Å². The molecule has 1 rings (SSSR count). The quantitative estimate of drug-likeness (QED) is 0.786. The molecule has 0 unspecified atom stereocenters. The van der Waals surface area contributed by atoms with Crippen LogP contribution in [0.4, 0.5) is 0 Å². The van der Waals surface area contributed by atoms with Crippen LogP contribution >= 0.6 is 0 Å². The molecule has 0 aliphatic heterocycles. The molecule has 1 N–H and O–H groups in total. The predicted octanol–water partition coefficient (Wildman–Crippen LogP) is 2.51. The second kappa shape index (κ2) is 8.02. The van der Waals surface area contributed by atoms with Gasteiger partial charge in [0, 0.05) is 32.3 Å². The number of hydrogen-bond donors (Lipinski definition) is 1. The normalized spacial score (nSPS) is 11.3. The molecule has 4 nitrogen and oxygen atoms in total. The molecule has 0 heterocycles. The second-order valence-corrected chi connectivity index (χ2v) is 5.09. The van der Waals surface area contributed by atoms with Gasteiger partial charge >= 0.3 is 0 Å². The van der Waals surface area contributed by atoms with Crippen LogP contribution < -0.4 is 4.74 Å². The summed E-state index contributed by atoms with van der Waals surface area (Å²) in [5, 5.41) is 10.1. The van der Waals surface area contributed by atoms with Crippen LogP contribution in [0.3, 0.4) is 0 Å². The molecule has 0 aromatic heterocycles. The molecule has 4 heteroatoms. The summed E-state index contributed by atoms with van der Waals surface area (Å²) in [5.41, 5.74) is 0.885. The smallest absolute Gasteiger partial charge is 0.162 e. The molecule has 0 fully saturated rings. The van der Waals surface area contributed by atoms with Gasteiger partial charge in [-0.25, -0.2) is 0 Å². The summed E-state index contributed by atoms with van der Waals surface area (Å²) < 4.78 is 10.3. The lowest BCUT2D eigenvalue weighted by Gasteiger charge is -2.24. The van der Waals surface area contributed by atoms with Crippen molar-refractivity contribution in [2.24, 2.45) is 5.92 Å². The first-order valence-electron chi connectivity index (χ1n) is 6.64. The van der Waals surface area contributed by atoms with Crippen LogP contribution in [0.1, 0.15) is 19.4 Å². The van der Waals surface area contributed by atoms with Gasteiger partial charge in [0.05, 0.1) is 13.7 Å². The van der Waals surface area contributed by atoms with Crippen molar-refractivity contribution >= 4 is 0 Å². The van der Waals surface area contributed by atoms with Gasteiger partial charge < -0.3 is 14.6 Å². The highest BCUT2D eigenvalue weighted by atomic mass is 16.5. The molecule has 0 bridgehead atoms. The zero-order chi connectivity index (χ0) is 14.3. The molecule has 1 aromatic rings. The van der Waals surface area contributed by atoms with E-state index in [1.165, 1.54) is 0 Å². The molecule has 108 valence electrons. The van der Waals surface area contributed by atoms with E-state index in [1.807, 2.05) is 12.1 Å². The van der Waals surface area contributed by atoms with Crippen LogP contribution in [0.25, 0.3) is 0 Å². The average Bonchev–Trinajstić information content (AvgIpc) is 2.37. The van der Waals surface area contributed by atoms with E-state index in [1.54, 1.807) is 20.3 Å². The lowest BCUT2D eigenvalue weighted by Crippen LogP contribution is -2.30. The Kier molecular flexibility index (Phi) is 6.67. The van der Waals surface area contributed by atoms with Gasteiger partial charge in [0.2, 0.25) is 0 Å². The third-order valence-electron chi connectivity index (χ3n) is 2.93. The van der Waals surface area contributed by atoms with Gasteiger partial charge in [0.25, 0.3) is 0 Å². The van der Waals surface area contributed by atoms with E-state index >= 15 is 0 Å². The van der Waals surface area contributed by atoms with Crippen molar-refractivity contribution in [3.05, 3.63) is 23.8 Å². The summed E-state index contributed by atoms with van der Waals surface area (Å²) in [6, 6.07) is 5.59. The zero-order valence-corrected chi connectivity index (χ0v) is 12.3. The number of methoxy groups -OCH3 is 2. The lowest BCUT2D eigenvalue weighted by molar-refractivity contribution is 0.135. The van der Waals surface area contributed by atoms with Crippen LogP contribution in [-0.2, 0) is 11.3 Å². The number of benzene rings is 1. The van der Waals surface area contributed by atoms with Gasteiger partial charge in [-0.1, -0.05) is 26.0 Å². The Morgan fingerprint density at radius 3 is 2.58 bits per heavy atom. The number of rotatable bonds is 8. The van der Waals surface area contributed by atoms with Crippen LogP contribution in [0, 0.1) is 5.92 Å². The van der Waals surface area contributed by atoms with Gasteiger partial charge in [0.1, 0.15) is 0 Å². The highest BCUT2D eigenvalue weighted by molar-refractivity contribution is 5.45. The van der Waals surface area contributed by atoms with Crippen LogP contribution in [-0.4, -0.2) is 43.9 Å². The number of para-hydroxylation sites is 1. The molecule has 0 aliphatic rings. The maximum Gasteiger partial charge on any atom is 0.162 e. The van der Waals surface area contributed by atoms with Crippen molar-refractivity contribution in [3.8, 4) is 11.5 Å². The monoisotopic (exact) mass is 267 g/mol. The molecule has 0 saturated carbocycles. The van der Waals surface area contributed by atoms with Crippen molar-refractivity contribution in [2.75, 3.05) is 33.9 Å².